The summed E-state index contributed by atoms with van der Waals surface area (Å²) in [6, 6.07) is 8.72. The van der Waals surface area contributed by atoms with Crippen LogP contribution in [0.5, 0.6) is 0 Å². The predicted molar refractivity (Wildman–Crippen MR) is 81.6 cm³/mol. The first kappa shape index (κ1) is 13.1. The molecule has 0 saturated carbocycles. The smallest absolute Gasteiger partial charge is 0.141 e. The van der Waals surface area contributed by atoms with E-state index in [0.29, 0.717) is 37.0 Å². The third-order valence-corrected chi connectivity index (χ3v) is 4.08. The maximum Gasteiger partial charge on any atom is 0.141 e. The number of nitrogens with zero attached hydrogens (tertiary/aromatic N) is 1. The normalized spacial score (nSPS) is 11.2. The molecule has 0 saturated heterocycles. The average molecular weight is 332 g/mol. The lowest BCUT2D eigenvalue weighted by Crippen LogP contribution is -1.83. The Kier molecular flexibility index (Phi) is 3.35. The highest BCUT2D eigenvalue weighted by atomic mass is 35.5. The summed E-state index contributed by atoms with van der Waals surface area (Å²) < 4.78 is 0. The van der Waals surface area contributed by atoms with Crippen LogP contribution in [-0.2, 0) is 0 Å². The Balaban J connectivity index is 2.26. The van der Waals surface area contributed by atoms with Crippen LogP contribution in [0.15, 0.2) is 30.3 Å². The van der Waals surface area contributed by atoms with Gasteiger partial charge in [-0.15, -0.1) is 0 Å². The van der Waals surface area contributed by atoms with E-state index in [0.717, 1.165) is 5.52 Å². The molecule has 0 atom stereocenters. The first-order valence-electron chi connectivity index (χ1n) is 5.35. The van der Waals surface area contributed by atoms with Gasteiger partial charge in [0.1, 0.15) is 5.82 Å². The topological polar surface area (TPSA) is 28.7 Å². The number of halogens is 4. The molecule has 1 heterocycles. The van der Waals surface area contributed by atoms with Crippen LogP contribution in [0, 0.1) is 0 Å². The van der Waals surface area contributed by atoms with Crippen molar-refractivity contribution in [3.05, 3.63) is 50.4 Å². The van der Waals surface area contributed by atoms with E-state index in [1.807, 2.05) is 0 Å². The second-order valence-electron chi connectivity index (χ2n) is 3.97. The van der Waals surface area contributed by atoms with Crippen molar-refractivity contribution in [3.8, 4) is 11.4 Å². The molecule has 19 heavy (non-hydrogen) atoms. The number of aromatic amines is 1. The molecule has 2 aromatic carbocycles. The van der Waals surface area contributed by atoms with Crippen LogP contribution in [0.25, 0.3) is 22.4 Å². The van der Waals surface area contributed by atoms with Gasteiger partial charge in [0.05, 0.1) is 36.7 Å². The monoisotopic (exact) mass is 330 g/mol. The van der Waals surface area contributed by atoms with Gasteiger partial charge in [0, 0.05) is 0 Å². The van der Waals surface area contributed by atoms with Crippen LogP contribution in [-0.4, -0.2) is 9.97 Å². The minimum Gasteiger partial charge on any atom is -0.338 e. The van der Waals surface area contributed by atoms with Gasteiger partial charge in [-0.1, -0.05) is 52.5 Å². The lowest BCUT2D eigenvalue weighted by Gasteiger charge is -2.02. The first-order chi connectivity index (χ1) is 9.06. The van der Waals surface area contributed by atoms with Crippen LogP contribution in [0.3, 0.4) is 0 Å². The Morgan fingerprint density at radius 1 is 0.842 bits per heavy atom. The maximum atomic E-state index is 6.16. The molecule has 0 radical (unpaired) electrons. The van der Waals surface area contributed by atoms with E-state index < -0.39 is 0 Å². The SMILES string of the molecule is Clc1cc2nc(-c3c(Cl)cccc3Cl)[nH]c2cc1Cl. The number of hydrogen-bond acceptors (Lipinski definition) is 1. The Hall–Kier alpha value is -0.930. The molecule has 0 aliphatic rings. The van der Waals surface area contributed by atoms with Gasteiger partial charge < -0.3 is 4.98 Å². The van der Waals surface area contributed by atoms with Crippen molar-refractivity contribution in [1.29, 1.82) is 0 Å². The Bertz CT molecular complexity index is 720. The van der Waals surface area contributed by atoms with Crippen molar-refractivity contribution in [1.82, 2.24) is 9.97 Å². The van der Waals surface area contributed by atoms with Gasteiger partial charge in [0.25, 0.3) is 0 Å². The van der Waals surface area contributed by atoms with Crippen LogP contribution in [0.1, 0.15) is 0 Å². The molecule has 0 aliphatic carbocycles. The molecule has 1 aromatic heterocycles. The van der Waals surface area contributed by atoms with Crippen molar-refractivity contribution in [2.24, 2.45) is 0 Å². The zero-order valence-corrected chi connectivity index (χ0v) is 12.4. The van der Waals surface area contributed by atoms with Gasteiger partial charge in [0.15, 0.2) is 0 Å². The molecule has 0 bridgehead atoms. The molecule has 3 rings (SSSR count). The molecule has 2 nitrogen and oxygen atoms in total. The molecule has 0 amide bonds. The molecule has 3 aromatic rings. The number of rotatable bonds is 1. The van der Waals surface area contributed by atoms with Crippen molar-refractivity contribution < 1.29 is 0 Å². The van der Waals surface area contributed by atoms with Crippen molar-refractivity contribution in [2.45, 2.75) is 0 Å². The summed E-state index contributed by atoms with van der Waals surface area (Å²) in [4.78, 5) is 7.58. The molecule has 96 valence electrons. The number of hydrogen-bond donors (Lipinski definition) is 1. The number of H-pyrrole nitrogens is 1. The van der Waals surface area contributed by atoms with Crippen molar-refractivity contribution in [3.63, 3.8) is 0 Å². The van der Waals surface area contributed by atoms with E-state index in [-0.39, 0.29) is 0 Å². The van der Waals surface area contributed by atoms with Gasteiger partial charge in [-0.05, 0) is 24.3 Å². The minimum absolute atomic E-state index is 0.456. The Labute approximate surface area is 129 Å². The number of aromatic nitrogens is 2. The molecule has 0 spiro atoms. The third-order valence-electron chi connectivity index (χ3n) is 2.72. The lowest BCUT2D eigenvalue weighted by molar-refractivity contribution is 1.34. The highest BCUT2D eigenvalue weighted by Gasteiger charge is 2.13. The van der Waals surface area contributed by atoms with Gasteiger partial charge in [-0.3, -0.25) is 0 Å². The molecule has 0 aliphatic heterocycles. The van der Waals surface area contributed by atoms with Gasteiger partial charge >= 0.3 is 0 Å². The number of fused-ring (bicyclic) bond motifs is 1. The largest absolute Gasteiger partial charge is 0.338 e. The Morgan fingerprint density at radius 3 is 2.16 bits per heavy atom. The number of benzene rings is 2. The summed E-state index contributed by atoms with van der Waals surface area (Å²) >= 11 is 24.3. The zero-order chi connectivity index (χ0) is 13.6. The van der Waals surface area contributed by atoms with Crippen molar-refractivity contribution in [2.75, 3.05) is 0 Å². The van der Waals surface area contributed by atoms with Crippen LogP contribution < -0.4 is 0 Å². The fraction of sp³-hybridized carbons (Fsp3) is 0. The molecule has 1 N–H and O–H groups in total. The predicted octanol–water partition coefficient (Wildman–Crippen LogP) is 5.84. The third kappa shape index (κ3) is 2.30. The quantitative estimate of drug-likeness (QED) is 0.595. The van der Waals surface area contributed by atoms with Gasteiger partial charge in [0.2, 0.25) is 0 Å². The summed E-state index contributed by atoms with van der Waals surface area (Å²) in [5.41, 5.74) is 2.15. The minimum atomic E-state index is 0.456. The van der Waals surface area contributed by atoms with E-state index >= 15 is 0 Å². The molecular formula is C13H6Cl4N2. The highest BCUT2D eigenvalue weighted by Crippen LogP contribution is 2.35. The van der Waals surface area contributed by atoms with E-state index in [4.69, 9.17) is 46.4 Å². The summed E-state index contributed by atoms with van der Waals surface area (Å²) in [5.74, 6) is 0.587. The number of imidazole rings is 1. The van der Waals surface area contributed by atoms with Gasteiger partial charge in [-0.2, -0.15) is 0 Å². The zero-order valence-electron chi connectivity index (χ0n) is 9.35. The van der Waals surface area contributed by atoms with E-state index in [9.17, 15) is 0 Å². The number of nitrogens with one attached hydrogen (secondary N) is 1. The van der Waals surface area contributed by atoms with Crippen LogP contribution >= 0.6 is 46.4 Å². The van der Waals surface area contributed by atoms with Crippen LogP contribution in [0.2, 0.25) is 20.1 Å². The summed E-state index contributed by atoms with van der Waals surface area (Å²) in [6.45, 7) is 0. The van der Waals surface area contributed by atoms with E-state index in [1.54, 1.807) is 30.3 Å². The second-order valence-corrected chi connectivity index (χ2v) is 5.59. The van der Waals surface area contributed by atoms with Crippen LogP contribution in [0.4, 0.5) is 0 Å². The average Bonchev–Trinajstić information content (AvgIpc) is 2.72. The molecule has 6 heteroatoms. The summed E-state index contributed by atoms with van der Waals surface area (Å²) in [7, 11) is 0. The maximum absolute atomic E-state index is 6.16. The fourth-order valence-electron chi connectivity index (χ4n) is 1.85. The van der Waals surface area contributed by atoms with Crippen molar-refractivity contribution >= 4 is 57.4 Å². The first-order valence-corrected chi connectivity index (χ1v) is 6.86. The highest BCUT2D eigenvalue weighted by molar-refractivity contribution is 6.42. The standard InChI is InChI=1S/C13H6Cl4N2/c14-6-2-1-3-7(15)12(6)13-18-10-4-8(16)9(17)5-11(10)19-13/h1-5H,(H,18,19). The van der Waals surface area contributed by atoms with E-state index in [1.165, 1.54) is 0 Å². The lowest BCUT2D eigenvalue weighted by atomic mass is 10.2. The fourth-order valence-corrected chi connectivity index (χ4v) is 2.75. The second kappa shape index (κ2) is 4.88. The Morgan fingerprint density at radius 2 is 1.47 bits per heavy atom. The molecular weight excluding hydrogens is 326 g/mol. The molecule has 0 fully saturated rings. The summed E-state index contributed by atoms with van der Waals surface area (Å²) in [5, 5.41) is 1.99. The van der Waals surface area contributed by atoms with Gasteiger partial charge in [-0.25, -0.2) is 4.98 Å². The van der Waals surface area contributed by atoms with E-state index in [2.05, 4.69) is 9.97 Å². The summed E-state index contributed by atoms with van der Waals surface area (Å²) in [6.07, 6.45) is 0. The molecule has 0 unspecified atom stereocenters.